The Morgan fingerprint density at radius 2 is 1.72 bits per heavy atom. The second-order valence-electron chi connectivity index (χ2n) is 10.5. The number of hydrogen-bond donors (Lipinski definition) is 2. The molecule has 1 unspecified atom stereocenters. The first-order valence-corrected chi connectivity index (χ1v) is 17.3. The first kappa shape index (κ1) is 39.7. The number of aromatic carboxylic acids is 1. The number of nitriles is 1. The van der Waals surface area contributed by atoms with Gasteiger partial charge in [0.25, 0.3) is 0 Å². The molecule has 1 aliphatic rings. The Hall–Kier alpha value is -3.52. The van der Waals surface area contributed by atoms with Gasteiger partial charge < -0.3 is 19.7 Å². The number of benzene rings is 1. The molecule has 1 atom stereocenters. The molecule has 248 valence electrons. The average Bonchev–Trinajstić information content (AvgIpc) is 3.54. The topological polar surface area (TPSA) is 175 Å². The maximum Gasteiger partial charge on any atom is 0.410 e. The van der Waals surface area contributed by atoms with Crippen molar-refractivity contribution in [3.8, 4) is 17.3 Å². The number of nitrogens with one attached hydrogen (secondary N) is 1. The van der Waals surface area contributed by atoms with Gasteiger partial charge in [-0.15, -0.1) is 0 Å². The number of H-pyrrole nitrogens is 1. The first-order valence-electron chi connectivity index (χ1n) is 13.8. The van der Waals surface area contributed by atoms with E-state index in [9.17, 15) is 14.4 Å². The maximum atomic E-state index is 11.6. The van der Waals surface area contributed by atoms with Crippen LogP contribution in [0.15, 0.2) is 85.7 Å². The van der Waals surface area contributed by atoms with Crippen LogP contribution in [-0.2, 0) is 4.74 Å². The van der Waals surface area contributed by atoms with Gasteiger partial charge in [0.15, 0.2) is 4.73 Å². The molecule has 0 spiro atoms. The summed E-state index contributed by atoms with van der Waals surface area (Å²) in [7, 11) is 0. The maximum absolute atomic E-state index is 11.6. The number of alkyl halides is 1. The fraction of sp³-hybridized carbons (Fsp3) is 0.290. The van der Waals surface area contributed by atoms with Crippen LogP contribution in [0.1, 0.15) is 43.2 Å². The summed E-state index contributed by atoms with van der Waals surface area (Å²) in [5, 5.41) is 18.6. The molecule has 12 nitrogen and oxygen atoms in total. The third-order valence-corrected chi connectivity index (χ3v) is 7.81. The predicted molar refractivity (Wildman–Crippen MR) is 191 cm³/mol. The minimum Gasteiger partial charge on any atom is -0.477 e. The van der Waals surface area contributed by atoms with Crippen LogP contribution in [0.3, 0.4) is 0 Å². The van der Waals surface area contributed by atoms with Gasteiger partial charge in [-0.25, -0.2) is 34.3 Å². The zero-order valence-electron chi connectivity index (χ0n) is 25.5. The molecule has 3 aromatic heterocycles. The highest BCUT2D eigenvalue weighted by Gasteiger charge is 2.28. The fourth-order valence-corrected chi connectivity index (χ4v) is 4.69. The van der Waals surface area contributed by atoms with Gasteiger partial charge in [0.1, 0.15) is 11.3 Å². The van der Waals surface area contributed by atoms with E-state index in [-0.39, 0.29) is 23.1 Å². The molecule has 16 heteroatoms. The number of amides is 1. The summed E-state index contributed by atoms with van der Waals surface area (Å²) in [4.78, 5) is 51.9. The second-order valence-corrected chi connectivity index (χ2v) is 13.7. The summed E-state index contributed by atoms with van der Waals surface area (Å²) in [6.45, 7) is 7.32. The summed E-state index contributed by atoms with van der Waals surface area (Å²) in [6, 6.07) is 13.7. The Morgan fingerprint density at radius 3 is 2.23 bits per heavy atom. The van der Waals surface area contributed by atoms with Gasteiger partial charge in [-0.3, -0.25) is 0 Å². The number of halogens is 4. The lowest BCUT2D eigenvalue weighted by Gasteiger charge is -2.24. The highest BCUT2D eigenvalue weighted by atomic mass is 79.9. The lowest BCUT2D eigenvalue weighted by atomic mass is 10.1. The van der Waals surface area contributed by atoms with E-state index >= 15 is 0 Å². The largest absolute Gasteiger partial charge is 0.477 e. The third-order valence-electron chi connectivity index (χ3n) is 5.64. The molecule has 0 bridgehead atoms. The molecule has 4 heterocycles. The Labute approximate surface area is 305 Å². The highest BCUT2D eigenvalue weighted by Crippen LogP contribution is 2.21. The van der Waals surface area contributed by atoms with Crippen LogP contribution in [0.25, 0.3) is 11.3 Å². The molecular weight excluding hydrogens is 870 g/mol. The number of hydrogen-bond acceptors (Lipinski definition) is 9. The van der Waals surface area contributed by atoms with Crippen molar-refractivity contribution in [2.24, 2.45) is 5.92 Å². The van der Waals surface area contributed by atoms with Crippen LogP contribution in [0, 0.1) is 17.2 Å². The Morgan fingerprint density at radius 1 is 1.06 bits per heavy atom. The van der Waals surface area contributed by atoms with Crippen molar-refractivity contribution >= 4 is 75.8 Å². The van der Waals surface area contributed by atoms with Crippen LogP contribution < -0.4 is 5.69 Å². The molecule has 1 saturated heterocycles. The zero-order valence-corrected chi connectivity index (χ0v) is 31.9. The van der Waals surface area contributed by atoms with Gasteiger partial charge in [-0.05, 0) is 105 Å². The van der Waals surface area contributed by atoms with Crippen molar-refractivity contribution in [3.63, 3.8) is 0 Å². The zero-order chi connectivity index (χ0) is 35.0. The van der Waals surface area contributed by atoms with E-state index < -0.39 is 5.97 Å². The molecule has 0 saturated carbocycles. The van der Waals surface area contributed by atoms with E-state index in [1.165, 1.54) is 18.5 Å². The quantitative estimate of drug-likeness (QED) is 0.155. The molecular formula is C31H31Br4N7O5. The van der Waals surface area contributed by atoms with Crippen molar-refractivity contribution < 1.29 is 19.4 Å². The number of carbonyl (C=O) groups excluding carboxylic acids is 1. The van der Waals surface area contributed by atoms with E-state index in [1.807, 2.05) is 26.8 Å². The number of pyridine rings is 1. The molecule has 47 heavy (non-hydrogen) atoms. The monoisotopic (exact) mass is 897 g/mol. The van der Waals surface area contributed by atoms with E-state index in [1.54, 1.807) is 53.7 Å². The van der Waals surface area contributed by atoms with Gasteiger partial charge in [0.2, 0.25) is 0 Å². The lowest BCUT2D eigenvalue weighted by Crippen LogP contribution is -2.35. The van der Waals surface area contributed by atoms with Crippen molar-refractivity contribution in [1.29, 1.82) is 5.26 Å². The molecule has 0 aliphatic carbocycles. The number of carbonyl (C=O) groups is 2. The molecule has 1 aliphatic heterocycles. The number of carboxylic acid groups (broad SMARTS) is 1. The predicted octanol–water partition coefficient (Wildman–Crippen LogP) is 7.49. The third kappa shape index (κ3) is 15.8. The normalized spacial score (nSPS) is 13.3. The number of likely N-dealkylation sites (tertiary alicyclic amines) is 1. The van der Waals surface area contributed by atoms with E-state index in [2.05, 4.69) is 88.6 Å². The van der Waals surface area contributed by atoms with Crippen LogP contribution in [0.2, 0.25) is 0 Å². The van der Waals surface area contributed by atoms with E-state index in [0.717, 1.165) is 39.3 Å². The summed E-state index contributed by atoms with van der Waals surface area (Å²) < 4.78 is 7.56. The number of nitrogens with zero attached hydrogens (tertiary/aromatic N) is 6. The van der Waals surface area contributed by atoms with Crippen molar-refractivity contribution in [2.45, 2.75) is 32.8 Å². The van der Waals surface area contributed by atoms with Crippen LogP contribution in [0.4, 0.5) is 4.79 Å². The molecule has 5 rings (SSSR count). The number of rotatable bonds is 3. The van der Waals surface area contributed by atoms with Crippen LogP contribution >= 0.6 is 63.7 Å². The number of aromatic nitrogens is 5. The van der Waals surface area contributed by atoms with Gasteiger partial charge in [0, 0.05) is 48.8 Å². The molecule has 4 aromatic rings. The molecule has 1 fully saturated rings. The Bertz CT molecular complexity index is 1670. The number of ether oxygens (including phenoxy) is 1. The smallest absolute Gasteiger partial charge is 0.410 e. The van der Waals surface area contributed by atoms with Crippen LogP contribution in [0.5, 0.6) is 0 Å². The Kier molecular flexibility index (Phi) is 16.9. The van der Waals surface area contributed by atoms with Gasteiger partial charge in [-0.1, -0.05) is 34.1 Å². The summed E-state index contributed by atoms with van der Waals surface area (Å²) in [5.74, 6) is -0.481. The molecule has 2 N–H and O–H groups in total. The standard InChI is InChI=1S/C13H8N2O2.C10H18BrNO2.C4H2Br2N2.C4H3BrN2O/c14-8-9-3-1-4-10(7-9)11-5-2-6-12(15-11)13(16)17;1-10(2,3)14-9(13)12-5-4-8(6-11)7-12;5-3-1-7-4(6)8-2-3;5-3-1-6-4(8)7-2-3/h1-7H,(H,16,17);8H,4-7H2,1-3H3;1-2H;1-2H,(H,6,7,8). The van der Waals surface area contributed by atoms with E-state index in [0.29, 0.717) is 21.9 Å². The highest BCUT2D eigenvalue weighted by molar-refractivity contribution is 9.11. The lowest BCUT2D eigenvalue weighted by molar-refractivity contribution is 0.0289. The molecule has 1 aromatic carbocycles. The average molecular weight is 901 g/mol. The van der Waals surface area contributed by atoms with Gasteiger partial charge >= 0.3 is 17.8 Å². The minimum absolute atomic E-state index is 0.00939. The molecule has 1 amide bonds. The summed E-state index contributed by atoms with van der Waals surface area (Å²) in [5.41, 5.74) is 1.07. The van der Waals surface area contributed by atoms with Gasteiger partial charge in [0.05, 0.1) is 26.3 Å². The SMILES string of the molecule is Brc1cnc(Br)nc1.CC(C)(C)OC(=O)N1CCC(CBr)C1.N#Cc1cccc(-c2cccc(C(=O)O)n2)c1.O=c1ncc(Br)c[nH]1. The van der Waals surface area contributed by atoms with E-state index in [4.69, 9.17) is 15.1 Å². The summed E-state index contributed by atoms with van der Waals surface area (Å²) in [6.07, 6.45) is 7.23. The Balaban J connectivity index is 0.000000230. The first-order chi connectivity index (χ1) is 22.2. The number of aromatic amines is 1. The fourth-order valence-electron chi connectivity index (χ4n) is 3.54. The van der Waals surface area contributed by atoms with Crippen molar-refractivity contribution in [3.05, 3.63) is 103 Å². The number of carboxylic acids is 1. The van der Waals surface area contributed by atoms with Crippen LogP contribution in [-0.4, -0.2) is 71.0 Å². The second kappa shape index (κ2) is 20.0. The molecule has 0 radical (unpaired) electrons. The van der Waals surface area contributed by atoms with Crippen molar-refractivity contribution in [2.75, 3.05) is 18.4 Å². The van der Waals surface area contributed by atoms with Gasteiger partial charge in [-0.2, -0.15) is 5.26 Å². The van der Waals surface area contributed by atoms with Crippen molar-refractivity contribution in [1.82, 2.24) is 29.8 Å². The summed E-state index contributed by atoms with van der Waals surface area (Å²) >= 11 is 12.9. The minimum atomic E-state index is -1.07.